The maximum absolute atomic E-state index is 11.9. The van der Waals surface area contributed by atoms with Gasteiger partial charge in [0.1, 0.15) is 0 Å². The molecule has 0 fully saturated rings. The van der Waals surface area contributed by atoms with Gasteiger partial charge in [0.2, 0.25) is 11.5 Å². The van der Waals surface area contributed by atoms with Crippen molar-refractivity contribution >= 4 is 17.4 Å². The first-order valence-corrected chi connectivity index (χ1v) is 6.16. The van der Waals surface area contributed by atoms with E-state index in [1.807, 2.05) is 12.1 Å². The van der Waals surface area contributed by atoms with Gasteiger partial charge in [-0.3, -0.25) is 4.79 Å². The monoisotopic (exact) mass is 286 g/mol. The summed E-state index contributed by atoms with van der Waals surface area (Å²) < 4.78 is 0. The maximum Gasteiger partial charge on any atom is 0.371 e. The number of aliphatic carboxylic acids is 1. The minimum atomic E-state index is -1.55. The van der Waals surface area contributed by atoms with E-state index in [1.54, 1.807) is 24.4 Å². The van der Waals surface area contributed by atoms with Crippen LogP contribution >= 0.6 is 0 Å². The van der Waals surface area contributed by atoms with Gasteiger partial charge < -0.3 is 20.9 Å². The summed E-state index contributed by atoms with van der Waals surface area (Å²) in [5.74, 6) is -3.13. The number of aromatic amines is 1. The Morgan fingerprint density at radius 2 is 1.81 bits per heavy atom. The number of anilines is 1. The molecule has 1 aromatic heterocycles. The van der Waals surface area contributed by atoms with Crippen LogP contribution in [0.1, 0.15) is 21.6 Å². The van der Waals surface area contributed by atoms with Crippen LogP contribution in [0.5, 0.6) is 0 Å². The van der Waals surface area contributed by atoms with Crippen molar-refractivity contribution in [1.29, 1.82) is 0 Å². The van der Waals surface area contributed by atoms with E-state index in [0.29, 0.717) is 23.7 Å². The highest BCUT2D eigenvalue weighted by atomic mass is 16.4. The average Bonchev–Trinajstić information content (AvgIpc) is 2.89. The van der Waals surface area contributed by atoms with Crippen molar-refractivity contribution in [2.45, 2.75) is 6.42 Å². The summed E-state index contributed by atoms with van der Waals surface area (Å²) in [5.41, 5.74) is 8.18. The molecule has 6 heteroatoms. The fraction of sp³-hybridized carbons (Fsp3) is 0.0667. The quantitative estimate of drug-likeness (QED) is 0.290. The van der Waals surface area contributed by atoms with Crippen LogP contribution in [0.15, 0.2) is 48.4 Å². The van der Waals surface area contributed by atoms with Crippen molar-refractivity contribution in [1.82, 2.24) is 4.98 Å². The van der Waals surface area contributed by atoms with Crippen molar-refractivity contribution in [2.24, 2.45) is 0 Å². The molecule has 0 aliphatic heterocycles. The smallest absolute Gasteiger partial charge is 0.371 e. The number of H-pyrrole nitrogens is 1. The maximum atomic E-state index is 11.9. The Morgan fingerprint density at radius 1 is 1.14 bits per heavy atom. The number of hydrogen-bond acceptors (Lipinski definition) is 4. The van der Waals surface area contributed by atoms with Crippen molar-refractivity contribution in [2.75, 3.05) is 5.73 Å². The molecular weight excluding hydrogens is 272 g/mol. The van der Waals surface area contributed by atoms with Gasteiger partial charge in [-0.1, -0.05) is 12.1 Å². The Bertz CT molecular complexity index is 699. The summed E-state index contributed by atoms with van der Waals surface area (Å²) >= 11 is 0. The third-order valence-corrected chi connectivity index (χ3v) is 2.94. The topological polar surface area (TPSA) is 116 Å². The summed E-state index contributed by atoms with van der Waals surface area (Å²) in [6, 6.07) is 8.96. The number of hydrogen-bond donors (Lipinski definition) is 4. The first-order valence-electron chi connectivity index (χ1n) is 6.16. The fourth-order valence-corrected chi connectivity index (χ4v) is 1.89. The zero-order valence-electron chi connectivity index (χ0n) is 11.0. The normalized spacial score (nSPS) is 11.3. The molecule has 0 atom stereocenters. The second-order valence-electron chi connectivity index (χ2n) is 4.50. The van der Waals surface area contributed by atoms with Gasteiger partial charge in [0.15, 0.2) is 0 Å². The number of nitrogens with one attached hydrogen (secondary N) is 1. The minimum Gasteiger partial charge on any atom is -0.502 e. The molecule has 0 aliphatic carbocycles. The number of aliphatic hydroxyl groups excluding tert-OH is 1. The molecule has 21 heavy (non-hydrogen) atoms. The molecule has 2 rings (SSSR count). The highest BCUT2D eigenvalue weighted by Crippen LogP contribution is 2.16. The SMILES string of the molecule is Nc1ccc(Cc2cc[nH]c2C(=O)C=C(O)C(=O)O)cc1. The zero-order valence-corrected chi connectivity index (χ0v) is 11.0. The molecule has 0 saturated heterocycles. The van der Waals surface area contributed by atoms with Crippen molar-refractivity contribution in [3.05, 3.63) is 65.2 Å². The molecule has 1 aromatic carbocycles. The van der Waals surface area contributed by atoms with Gasteiger partial charge in [-0.05, 0) is 35.7 Å². The first kappa shape index (κ1) is 14.4. The molecule has 0 spiro atoms. The number of nitrogen functional groups attached to an aromatic ring is 1. The van der Waals surface area contributed by atoms with Crippen LogP contribution in [-0.2, 0) is 11.2 Å². The Morgan fingerprint density at radius 3 is 2.43 bits per heavy atom. The van der Waals surface area contributed by atoms with Crippen molar-refractivity contribution in [3.63, 3.8) is 0 Å². The van der Waals surface area contributed by atoms with E-state index in [9.17, 15) is 9.59 Å². The Balaban J connectivity index is 2.22. The van der Waals surface area contributed by atoms with Gasteiger partial charge >= 0.3 is 5.97 Å². The number of allylic oxidation sites excluding steroid dienone is 1. The van der Waals surface area contributed by atoms with E-state index in [-0.39, 0.29) is 5.69 Å². The molecule has 6 nitrogen and oxygen atoms in total. The van der Waals surface area contributed by atoms with Crippen LogP contribution in [0.4, 0.5) is 5.69 Å². The predicted octanol–water partition coefficient (Wildman–Crippen LogP) is 1.90. The molecular formula is C15H14N2O4. The third-order valence-electron chi connectivity index (χ3n) is 2.94. The van der Waals surface area contributed by atoms with Crippen LogP contribution in [0.25, 0.3) is 0 Å². The van der Waals surface area contributed by atoms with Gasteiger partial charge in [0.25, 0.3) is 0 Å². The first-order chi connectivity index (χ1) is 9.97. The van der Waals surface area contributed by atoms with Gasteiger partial charge in [0.05, 0.1) is 5.69 Å². The molecule has 2 aromatic rings. The molecule has 0 bridgehead atoms. The number of aromatic nitrogens is 1. The number of nitrogens with two attached hydrogens (primary N) is 1. The van der Waals surface area contributed by atoms with Crippen LogP contribution in [-0.4, -0.2) is 26.9 Å². The molecule has 0 saturated carbocycles. The van der Waals surface area contributed by atoms with Crippen LogP contribution in [0.3, 0.4) is 0 Å². The fourth-order valence-electron chi connectivity index (χ4n) is 1.89. The lowest BCUT2D eigenvalue weighted by atomic mass is 10.0. The lowest BCUT2D eigenvalue weighted by molar-refractivity contribution is -0.135. The second kappa shape index (κ2) is 5.96. The van der Waals surface area contributed by atoms with E-state index in [0.717, 1.165) is 5.56 Å². The van der Waals surface area contributed by atoms with Gasteiger partial charge in [0, 0.05) is 18.0 Å². The molecule has 108 valence electrons. The molecule has 0 radical (unpaired) electrons. The minimum absolute atomic E-state index is 0.250. The van der Waals surface area contributed by atoms with Crippen LogP contribution in [0.2, 0.25) is 0 Å². The largest absolute Gasteiger partial charge is 0.502 e. The summed E-state index contributed by atoms with van der Waals surface area (Å²) in [6.07, 6.45) is 2.76. The number of benzene rings is 1. The average molecular weight is 286 g/mol. The molecule has 0 amide bonds. The Kier molecular flexibility index (Phi) is 4.08. The molecule has 0 aliphatic rings. The number of carboxylic acids is 1. The number of rotatable bonds is 5. The zero-order chi connectivity index (χ0) is 15.4. The van der Waals surface area contributed by atoms with Crippen LogP contribution in [0, 0.1) is 0 Å². The number of aliphatic hydroxyl groups is 1. The lowest BCUT2D eigenvalue weighted by Gasteiger charge is -2.03. The summed E-state index contributed by atoms with van der Waals surface area (Å²) in [7, 11) is 0. The van der Waals surface area contributed by atoms with E-state index in [4.69, 9.17) is 15.9 Å². The number of carbonyl (C=O) groups is 2. The van der Waals surface area contributed by atoms with Gasteiger partial charge in [-0.2, -0.15) is 0 Å². The lowest BCUT2D eigenvalue weighted by Crippen LogP contribution is -2.06. The summed E-state index contributed by atoms with van der Waals surface area (Å²) in [5, 5.41) is 17.7. The van der Waals surface area contributed by atoms with Crippen molar-refractivity contribution in [3.8, 4) is 0 Å². The highest BCUT2D eigenvalue weighted by Gasteiger charge is 2.14. The molecule has 1 heterocycles. The molecule has 5 N–H and O–H groups in total. The number of carboxylic acid groups (broad SMARTS) is 1. The van der Waals surface area contributed by atoms with E-state index in [2.05, 4.69) is 4.98 Å². The molecule has 0 unspecified atom stereocenters. The van der Waals surface area contributed by atoms with E-state index >= 15 is 0 Å². The predicted molar refractivity (Wildman–Crippen MR) is 77.1 cm³/mol. The number of carbonyl (C=O) groups excluding carboxylic acids is 1. The summed E-state index contributed by atoms with van der Waals surface area (Å²) in [4.78, 5) is 25.2. The van der Waals surface area contributed by atoms with E-state index < -0.39 is 17.5 Å². The van der Waals surface area contributed by atoms with Crippen molar-refractivity contribution < 1.29 is 19.8 Å². The Hall–Kier alpha value is -3.02. The second-order valence-corrected chi connectivity index (χ2v) is 4.50. The standard InChI is InChI=1S/C15H14N2O4/c16-11-3-1-9(2-4-11)7-10-5-6-17-14(10)12(18)8-13(19)15(20)21/h1-6,8,17,19H,7,16H2,(H,20,21). The summed E-state index contributed by atoms with van der Waals surface area (Å²) in [6.45, 7) is 0. The third kappa shape index (κ3) is 3.50. The highest BCUT2D eigenvalue weighted by molar-refractivity contribution is 6.07. The Labute approximate surface area is 120 Å². The van der Waals surface area contributed by atoms with Gasteiger partial charge in [-0.25, -0.2) is 4.79 Å². The van der Waals surface area contributed by atoms with Crippen LogP contribution < -0.4 is 5.73 Å². The van der Waals surface area contributed by atoms with E-state index in [1.165, 1.54) is 0 Å². The number of ketones is 1. The van der Waals surface area contributed by atoms with Gasteiger partial charge in [-0.15, -0.1) is 0 Å².